The van der Waals surface area contributed by atoms with Crippen LogP contribution >= 0.6 is 11.8 Å². The van der Waals surface area contributed by atoms with Gasteiger partial charge in [-0.3, -0.25) is 0 Å². The molecule has 4 heteroatoms. The van der Waals surface area contributed by atoms with Crippen molar-refractivity contribution in [1.29, 1.82) is 0 Å². The van der Waals surface area contributed by atoms with E-state index in [1.54, 1.807) is 31.0 Å². The summed E-state index contributed by atoms with van der Waals surface area (Å²) in [6, 6.07) is 13.0. The monoisotopic (exact) mass is 305 g/mol. The Bertz CT molecular complexity index is 586. The lowest BCUT2D eigenvalue weighted by Gasteiger charge is -2.19. The summed E-state index contributed by atoms with van der Waals surface area (Å²) in [6.45, 7) is 2.07. The lowest BCUT2D eigenvalue weighted by Crippen LogP contribution is -2.19. The molecule has 21 heavy (non-hydrogen) atoms. The van der Waals surface area contributed by atoms with Gasteiger partial charge in [-0.15, -0.1) is 11.8 Å². The van der Waals surface area contributed by atoms with Gasteiger partial charge in [0, 0.05) is 22.3 Å². The van der Waals surface area contributed by atoms with Crippen molar-refractivity contribution < 1.29 is 9.13 Å². The van der Waals surface area contributed by atoms with E-state index in [4.69, 9.17) is 4.74 Å². The maximum absolute atomic E-state index is 12.9. The van der Waals surface area contributed by atoms with Crippen LogP contribution in [0.15, 0.2) is 47.4 Å². The van der Waals surface area contributed by atoms with Crippen LogP contribution in [0.3, 0.4) is 0 Å². The minimum Gasteiger partial charge on any atom is -0.496 e. The lowest BCUT2D eigenvalue weighted by atomic mass is 10.0. The van der Waals surface area contributed by atoms with Gasteiger partial charge in [0.25, 0.3) is 0 Å². The largest absolute Gasteiger partial charge is 0.496 e. The van der Waals surface area contributed by atoms with Gasteiger partial charge in [-0.05, 0) is 44.3 Å². The molecule has 0 amide bonds. The van der Waals surface area contributed by atoms with Crippen molar-refractivity contribution in [3.63, 3.8) is 0 Å². The molecule has 1 unspecified atom stereocenters. The van der Waals surface area contributed by atoms with Crippen molar-refractivity contribution in [2.24, 2.45) is 0 Å². The van der Waals surface area contributed by atoms with Gasteiger partial charge in [0.2, 0.25) is 0 Å². The van der Waals surface area contributed by atoms with Gasteiger partial charge in [0.05, 0.1) is 7.11 Å². The molecule has 2 aromatic rings. The molecule has 2 nitrogen and oxygen atoms in total. The number of thioether (sulfide) groups is 1. The summed E-state index contributed by atoms with van der Waals surface area (Å²) in [5, 5.41) is 3.33. The molecule has 2 rings (SSSR count). The van der Waals surface area contributed by atoms with Crippen LogP contribution < -0.4 is 10.1 Å². The zero-order valence-electron chi connectivity index (χ0n) is 12.5. The van der Waals surface area contributed by atoms with E-state index >= 15 is 0 Å². The van der Waals surface area contributed by atoms with Crippen molar-refractivity contribution in [2.45, 2.75) is 17.9 Å². The van der Waals surface area contributed by atoms with E-state index < -0.39 is 0 Å². The first-order valence-electron chi connectivity index (χ1n) is 6.84. The number of rotatable bonds is 6. The number of hydrogen-bond acceptors (Lipinski definition) is 3. The van der Waals surface area contributed by atoms with E-state index in [9.17, 15) is 4.39 Å². The van der Waals surface area contributed by atoms with Crippen molar-refractivity contribution in [2.75, 3.05) is 19.9 Å². The van der Waals surface area contributed by atoms with Gasteiger partial charge >= 0.3 is 0 Å². The molecule has 112 valence electrons. The zero-order valence-corrected chi connectivity index (χ0v) is 13.3. The smallest absolute Gasteiger partial charge is 0.123 e. The Labute approximate surface area is 129 Å². The summed E-state index contributed by atoms with van der Waals surface area (Å²) in [5.41, 5.74) is 2.35. The highest BCUT2D eigenvalue weighted by molar-refractivity contribution is 7.99. The van der Waals surface area contributed by atoms with E-state index in [0.717, 1.165) is 22.0 Å². The lowest BCUT2D eigenvalue weighted by molar-refractivity contribution is 0.404. The minimum atomic E-state index is -0.204. The second-order valence-corrected chi connectivity index (χ2v) is 5.95. The molecular formula is C17H20FNOS. The van der Waals surface area contributed by atoms with Crippen molar-refractivity contribution >= 4 is 11.8 Å². The zero-order chi connectivity index (χ0) is 15.2. The van der Waals surface area contributed by atoms with Gasteiger partial charge in [0.1, 0.15) is 11.6 Å². The third-order valence-corrected chi connectivity index (χ3v) is 4.44. The second-order valence-electron chi connectivity index (χ2n) is 4.85. The predicted molar refractivity (Wildman–Crippen MR) is 86.7 cm³/mol. The molecule has 0 aliphatic rings. The van der Waals surface area contributed by atoms with Crippen LogP contribution in [0.5, 0.6) is 5.75 Å². The molecule has 1 N–H and O–H groups in total. The number of halogens is 1. The molecule has 0 saturated carbocycles. The summed E-state index contributed by atoms with van der Waals surface area (Å²) in [7, 11) is 3.63. The third kappa shape index (κ3) is 4.22. The van der Waals surface area contributed by atoms with Crippen LogP contribution in [0.4, 0.5) is 4.39 Å². The van der Waals surface area contributed by atoms with Crippen LogP contribution in [0.1, 0.15) is 17.2 Å². The number of hydrogen-bond donors (Lipinski definition) is 1. The number of benzene rings is 2. The van der Waals surface area contributed by atoms with E-state index in [-0.39, 0.29) is 11.9 Å². The quantitative estimate of drug-likeness (QED) is 0.808. The first kappa shape index (κ1) is 15.9. The first-order chi connectivity index (χ1) is 10.1. The Balaban J connectivity index is 2.12. The van der Waals surface area contributed by atoms with Crippen LogP contribution in [0.2, 0.25) is 0 Å². The Morgan fingerprint density at radius 1 is 1.19 bits per heavy atom. The first-order valence-corrected chi connectivity index (χ1v) is 7.82. The van der Waals surface area contributed by atoms with E-state index in [2.05, 4.69) is 18.3 Å². The highest BCUT2D eigenvalue weighted by Gasteiger charge is 2.15. The maximum Gasteiger partial charge on any atom is 0.123 e. The van der Waals surface area contributed by atoms with Gasteiger partial charge in [-0.1, -0.05) is 17.7 Å². The molecule has 0 spiro atoms. The van der Waals surface area contributed by atoms with E-state index in [1.807, 2.05) is 19.2 Å². The summed E-state index contributed by atoms with van der Waals surface area (Å²) in [4.78, 5) is 1.06. The maximum atomic E-state index is 12.9. The fourth-order valence-electron chi connectivity index (χ4n) is 2.17. The fraction of sp³-hybridized carbons (Fsp3) is 0.294. The number of nitrogens with one attached hydrogen (secondary N) is 1. The van der Waals surface area contributed by atoms with Crippen LogP contribution in [-0.2, 0) is 0 Å². The molecule has 0 bridgehead atoms. The molecule has 2 aromatic carbocycles. The third-order valence-electron chi connectivity index (χ3n) is 3.34. The van der Waals surface area contributed by atoms with Gasteiger partial charge in [0.15, 0.2) is 0 Å². The van der Waals surface area contributed by atoms with Gasteiger partial charge < -0.3 is 10.1 Å². The van der Waals surface area contributed by atoms with Crippen molar-refractivity contribution in [1.82, 2.24) is 5.32 Å². The molecule has 0 fully saturated rings. The normalized spacial score (nSPS) is 12.2. The summed E-state index contributed by atoms with van der Waals surface area (Å²) in [5.74, 6) is 1.53. The molecular weight excluding hydrogens is 285 g/mol. The Kier molecular flexibility index (Phi) is 5.65. The van der Waals surface area contributed by atoms with E-state index in [0.29, 0.717) is 0 Å². The van der Waals surface area contributed by atoms with E-state index in [1.165, 1.54) is 17.7 Å². The molecule has 0 aliphatic heterocycles. The Hall–Kier alpha value is -1.52. The highest BCUT2D eigenvalue weighted by Crippen LogP contribution is 2.30. The molecule has 1 atom stereocenters. The van der Waals surface area contributed by atoms with Gasteiger partial charge in [-0.25, -0.2) is 4.39 Å². The predicted octanol–water partition coefficient (Wildman–Crippen LogP) is 4.20. The SMILES string of the molecule is CNC(CSc1ccc(F)cc1)c1cc(C)ccc1OC. The summed E-state index contributed by atoms with van der Waals surface area (Å²) in [6.07, 6.45) is 0. The van der Waals surface area contributed by atoms with Gasteiger partial charge in [-0.2, -0.15) is 0 Å². The molecule has 0 aliphatic carbocycles. The van der Waals surface area contributed by atoms with Crippen molar-refractivity contribution in [3.05, 3.63) is 59.4 Å². The topological polar surface area (TPSA) is 21.3 Å². The molecule has 0 aromatic heterocycles. The fourth-order valence-corrected chi connectivity index (χ4v) is 3.20. The average molecular weight is 305 g/mol. The number of methoxy groups -OCH3 is 1. The molecule has 0 radical (unpaired) electrons. The van der Waals surface area contributed by atoms with Crippen molar-refractivity contribution in [3.8, 4) is 5.75 Å². The average Bonchev–Trinajstić information content (AvgIpc) is 2.50. The molecule has 0 heterocycles. The molecule has 0 saturated heterocycles. The number of ether oxygens (including phenoxy) is 1. The minimum absolute atomic E-state index is 0.176. The summed E-state index contributed by atoms with van der Waals surface area (Å²) < 4.78 is 18.4. The number of aryl methyl sites for hydroxylation is 1. The van der Waals surface area contributed by atoms with Crippen LogP contribution in [0, 0.1) is 12.7 Å². The van der Waals surface area contributed by atoms with Crippen LogP contribution in [-0.4, -0.2) is 19.9 Å². The standard InChI is InChI=1S/C17H20FNOS/c1-12-4-9-17(20-3)15(10-12)16(19-2)11-21-14-7-5-13(18)6-8-14/h4-10,16,19H,11H2,1-3H3. The summed E-state index contributed by atoms with van der Waals surface area (Å²) >= 11 is 1.70. The van der Waals surface area contributed by atoms with Crippen LogP contribution in [0.25, 0.3) is 0 Å². The second kappa shape index (κ2) is 7.48. The Morgan fingerprint density at radius 3 is 2.52 bits per heavy atom. The highest BCUT2D eigenvalue weighted by atomic mass is 32.2. The Morgan fingerprint density at radius 2 is 1.90 bits per heavy atom.